The predicted molar refractivity (Wildman–Crippen MR) is 61.2 cm³/mol. The molecule has 108 valence electrons. The van der Waals surface area contributed by atoms with E-state index in [0.29, 0.717) is 0 Å². The first-order valence-electron chi connectivity index (χ1n) is 5.01. The van der Waals surface area contributed by atoms with Gasteiger partial charge in [0.25, 0.3) is 0 Å². The Labute approximate surface area is 104 Å². The van der Waals surface area contributed by atoms with Gasteiger partial charge < -0.3 is 0 Å². The van der Waals surface area contributed by atoms with Gasteiger partial charge in [-0.05, 0) is 0 Å². The van der Waals surface area contributed by atoms with E-state index in [1.54, 1.807) is 0 Å². The second-order valence-electron chi connectivity index (χ2n) is 3.74. The molecule has 9 nitrogen and oxygen atoms in total. The third kappa shape index (κ3) is 6.92. The van der Waals surface area contributed by atoms with Gasteiger partial charge in [0.05, 0.1) is 0 Å². The Bertz CT molecular complexity index is 302. The van der Waals surface area contributed by atoms with E-state index in [0.717, 1.165) is 6.92 Å². The Morgan fingerprint density at radius 3 is 2.11 bits per heavy atom. The molecule has 0 spiro atoms. The normalized spacial score (nSPS) is 17.7. The van der Waals surface area contributed by atoms with Crippen LogP contribution in [0.15, 0.2) is 0 Å². The molecule has 0 saturated heterocycles. The van der Waals surface area contributed by atoms with Crippen molar-refractivity contribution in [2.45, 2.75) is 32.1 Å². The van der Waals surface area contributed by atoms with E-state index in [9.17, 15) is 19.8 Å². The fraction of sp³-hybridized carbons (Fsp3) is 0.750. The Kier molecular flexibility index (Phi) is 6.79. The van der Waals surface area contributed by atoms with Crippen molar-refractivity contribution in [2.24, 2.45) is 0 Å². The van der Waals surface area contributed by atoms with Crippen LogP contribution in [0.1, 0.15) is 13.8 Å². The number of hydrogen-bond donors (Lipinski definition) is 6. The van der Waals surface area contributed by atoms with Crippen LogP contribution in [0.3, 0.4) is 0 Å². The van der Waals surface area contributed by atoms with Gasteiger partial charge in [-0.3, -0.25) is 0 Å². The van der Waals surface area contributed by atoms with Crippen LogP contribution in [0.25, 0.3) is 0 Å². The monoisotopic (exact) mass is 287 g/mol. The van der Waals surface area contributed by atoms with Gasteiger partial charge >= 0.3 is 103 Å². The minimum atomic E-state index is -4.84. The van der Waals surface area contributed by atoms with E-state index in [4.69, 9.17) is 14.7 Å². The standard InChI is InChI=1S/C8H18NO8P/c1-4(10)7(9-5(2)11)8(13)6(12)3-17-18(14,15)16/h4,7-8,10,13-16,18H,3H2,1-2H3,(H,9,11)/t4-,7-,8+/m0/s1. The first kappa shape index (κ1) is 17.3. The number of amides is 1. The molecule has 18 heavy (non-hydrogen) atoms. The molecule has 0 aliphatic heterocycles. The van der Waals surface area contributed by atoms with Crippen LogP contribution in [0.5, 0.6) is 0 Å². The van der Waals surface area contributed by atoms with Crippen molar-refractivity contribution in [1.82, 2.24) is 5.32 Å². The predicted octanol–water partition coefficient (Wildman–Crippen LogP) is -2.79. The molecule has 0 aromatic rings. The van der Waals surface area contributed by atoms with Crippen molar-refractivity contribution >= 4 is 19.9 Å². The second kappa shape index (κ2) is 7.05. The molecule has 3 atom stereocenters. The number of ketones is 1. The number of carbonyl (C=O) groups excluding carboxylic acids is 2. The molecule has 0 aliphatic rings. The molecule has 0 heterocycles. The van der Waals surface area contributed by atoms with Crippen LogP contribution < -0.4 is 5.32 Å². The average molecular weight is 287 g/mol. The van der Waals surface area contributed by atoms with Crippen molar-refractivity contribution in [2.75, 3.05) is 6.61 Å². The van der Waals surface area contributed by atoms with Crippen molar-refractivity contribution < 1.29 is 39.0 Å². The van der Waals surface area contributed by atoms with E-state index in [-0.39, 0.29) is 0 Å². The summed E-state index contributed by atoms with van der Waals surface area (Å²) in [5.41, 5.74) is 0. The van der Waals surface area contributed by atoms with Gasteiger partial charge in [-0.2, -0.15) is 0 Å². The average Bonchev–Trinajstić information content (AvgIpc) is 2.19. The number of aliphatic hydroxyl groups is 2. The zero-order valence-corrected chi connectivity index (χ0v) is 10.9. The summed E-state index contributed by atoms with van der Waals surface area (Å²) in [6, 6.07) is -1.26. The number of nitrogens with one attached hydrogen (secondary N) is 1. The summed E-state index contributed by atoms with van der Waals surface area (Å²) in [6.45, 7) is 1.43. The molecule has 0 saturated carbocycles. The van der Waals surface area contributed by atoms with Crippen LogP contribution in [-0.4, -0.2) is 61.4 Å². The third-order valence-electron chi connectivity index (χ3n) is 1.97. The summed E-state index contributed by atoms with van der Waals surface area (Å²) >= 11 is 0. The first-order chi connectivity index (χ1) is 8.04. The van der Waals surface area contributed by atoms with E-state index in [1.807, 2.05) is 0 Å². The molecule has 10 heteroatoms. The van der Waals surface area contributed by atoms with Crippen molar-refractivity contribution in [1.29, 1.82) is 0 Å². The van der Waals surface area contributed by atoms with E-state index < -0.39 is 44.7 Å². The molecule has 0 rings (SSSR count). The quantitative estimate of drug-likeness (QED) is 0.274. The Balaban J connectivity index is 4.52. The second-order valence-corrected chi connectivity index (χ2v) is 5.18. The summed E-state index contributed by atoms with van der Waals surface area (Å²) in [7, 11) is -4.84. The Morgan fingerprint density at radius 2 is 1.78 bits per heavy atom. The third-order valence-corrected chi connectivity index (χ3v) is 2.50. The van der Waals surface area contributed by atoms with E-state index in [1.165, 1.54) is 6.92 Å². The fourth-order valence-electron chi connectivity index (χ4n) is 1.15. The first-order valence-corrected chi connectivity index (χ1v) is 6.76. The van der Waals surface area contributed by atoms with Crippen molar-refractivity contribution in [3.8, 4) is 0 Å². The van der Waals surface area contributed by atoms with Crippen LogP contribution in [0.4, 0.5) is 0 Å². The molecule has 0 bridgehead atoms. The van der Waals surface area contributed by atoms with Crippen LogP contribution in [-0.2, 0) is 14.1 Å². The molecular formula is C8H18NO8P. The van der Waals surface area contributed by atoms with Crippen molar-refractivity contribution in [3.63, 3.8) is 0 Å². The summed E-state index contributed by atoms with van der Waals surface area (Å²) in [6.07, 6.45) is -3.02. The van der Waals surface area contributed by atoms with Gasteiger partial charge in [0, 0.05) is 0 Å². The zero-order chi connectivity index (χ0) is 14.5. The van der Waals surface area contributed by atoms with Gasteiger partial charge in [-0.25, -0.2) is 0 Å². The number of rotatable bonds is 7. The molecule has 0 aromatic carbocycles. The van der Waals surface area contributed by atoms with Crippen LogP contribution in [0, 0.1) is 0 Å². The maximum atomic E-state index is 11.4. The molecular weight excluding hydrogens is 269 g/mol. The van der Waals surface area contributed by atoms with E-state index in [2.05, 4.69) is 9.84 Å². The number of carbonyl (C=O) groups is 2. The summed E-state index contributed by atoms with van der Waals surface area (Å²) in [5.74, 6) is -1.59. The molecule has 0 radical (unpaired) electrons. The van der Waals surface area contributed by atoms with Gasteiger partial charge in [0.2, 0.25) is 0 Å². The number of Topliss-reactive ketones (excluding diaryl/α,β-unsaturated/α-hetero) is 1. The summed E-state index contributed by atoms with van der Waals surface area (Å²) in [4.78, 5) is 47.7. The SMILES string of the molecule is CC(=O)N[C@@H]([C@H](C)O)[C@H](O)C(=O)CO[PH](O)(O)O. The van der Waals surface area contributed by atoms with Crippen LogP contribution in [0.2, 0.25) is 0 Å². The van der Waals surface area contributed by atoms with E-state index >= 15 is 0 Å². The minimum absolute atomic E-state index is 0.566. The van der Waals surface area contributed by atoms with Gasteiger partial charge in [0.15, 0.2) is 0 Å². The van der Waals surface area contributed by atoms with Gasteiger partial charge in [0.1, 0.15) is 0 Å². The number of hydrogen-bond acceptors (Lipinski definition) is 8. The van der Waals surface area contributed by atoms with Gasteiger partial charge in [-0.1, -0.05) is 0 Å². The van der Waals surface area contributed by atoms with Crippen LogP contribution >= 0.6 is 8.17 Å². The summed E-state index contributed by atoms with van der Waals surface area (Å²) in [5, 5.41) is 21.0. The molecule has 0 unspecified atom stereocenters. The zero-order valence-electron chi connectivity index (χ0n) is 9.90. The number of aliphatic hydroxyl groups excluding tert-OH is 2. The summed E-state index contributed by atoms with van der Waals surface area (Å²) < 4.78 is 4.05. The molecule has 0 aliphatic carbocycles. The molecule has 0 aromatic heterocycles. The molecule has 6 N–H and O–H groups in total. The topological polar surface area (TPSA) is 157 Å². The molecule has 1 amide bonds. The van der Waals surface area contributed by atoms with Gasteiger partial charge in [-0.15, -0.1) is 0 Å². The maximum absolute atomic E-state index is 11.4. The Hall–Kier alpha value is -0.670. The van der Waals surface area contributed by atoms with Crippen molar-refractivity contribution in [3.05, 3.63) is 0 Å². The molecule has 0 fully saturated rings. The Morgan fingerprint density at radius 1 is 1.28 bits per heavy atom. The fourth-order valence-corrected chi connectivity index (χ4v) is 1.49.